The summed E-state index contributed by atoms with van der Waals surface area (Å²) in [5.74, 6) is -0.990. The third-order valence-corrected chi connectivity index (χ3v) is 3.23. The minimum absolute atomic E-state index is 0.0375. The first-order valence-corrected chi connectivity index (χ1v) is 6.99. The molecule has 0 atom stereocenters. The molecule has 2 nitrogen and oxygen atoms in total. The summed E-state index contributed by atoms with van der Waals surface area (Å²) in [6.45, 7) is 4.52. The van der Waals surface area contributed by atoms with Gasteiger partial charge in [-0.2, -0.15) is 0 Å². The number of halogens is 3. The van der Waals surface area contributed by atoms with Crippen LogP contribution in [0.5, 0.6) is 11.5 Å². The summed E-state index contributed by atoms with van der Waals surface area (Å²) in [4.78, 5) is 0. The van der Waals surface area contributed by atoms with Crippen LogP contribution >= 0.6 is 11.6 Å². The van der Waals surface area contributed by atoms with Gasteiger partial charge in [0.15, 0.2) is 11.6 Å². The summed E-state index contributed by atoms with van der Waals surface area (Å²) < 4.78 is 32.1. The molecule has 0 saturated heterocycles. The van der Waals surface area contributed by atoms with Crippen molar-refractivity contribution in [3.8, 4) is 11.5 Å². The predicted molar refractivity (Wildman–Crippen MR) is 79.9 cm³/mol. The molecule has 0 aromatic heterocycles. The van der Waals surface area contributed by atoms with Crippen LogP contribution in [-0.2, 0) is 6.54 Å². The van der Waals surface area contributed by atoms with Gasteiger partial charge in [0, 0.05) is 29.2 Å². The quantitative estimate of drug-likeness (QED) is 0.847. The van der Waals surface area contributed by atoms with Crippen LogP contribution in [0.4, 0.5) is 8.78 Å². The van der Waals surface area contributed by atoms with Crippen molar-refractivity contribution in [1.29, 1.82) is 0 Å². The Morgan fingerprint density at radius 2 is 1.90 bits per heavy atom. The Balaban J connectivity index is 2.28. The normalized spacial score (nSPS) is 11.0. The highest BCUT2D eigenvalue weighted by Gasteiger charge is 2.12. The Morgan fingerprint density at radius 3 is 2.57 bits per heavy atom. The third kappa shape index (κ3) is 4.16. The number of hydrogen-bond donors (Lipinski definition) is 1. The molecule has 0 saturated carbocycles. The largest absolute Gasteiger partial charge is 0.454 e. The fourth-order valence-electron chi connectivity index (χ4n) is 1.79. The maximum atomic E-state index is 13.7. The van der Waals surface area contributed by atoms with E-state index in [1.165, 1.54) is 6.07 Å². The van der Waals surface area contributed by atoms with Crippen molar-refractivity contribution >= 4 is 11.6 Å². The summed E-state index contributed by atoms with van der Waals surface area (Å²) in [7, 11) is 0. The molecule has 0 aliphatic carbocycles. The smallest absolute Gasteiger partial charge is 0.168 e. The molecule has 0 fully saturated rings. The maximum Gasteiger partial charge on any atom is 0.168 e. The molecule has 0 spiro atoms. The van der Waals surface area contributed by atoms with E-state index >= 15 is 0 Å². The molecule has 0 heterocycles. The monoisotopic (exact) mass is 311 g/mol. The lowest BCUT2D eigenvalue weighted by atomic mass is 10.2. The molecule has 0 aliphatic rings. The van der Waals surface area contributed by atoms with Crippen LogP contribution in [0.15, 0.2) is 36.4 Å². The zero-order valence-electron chi connectivity index (χ0n) is 11.8. The van der Waals surface area contributed by atoms with E-state index in [2.05, 4.69) is 5.32 Å². The fourth-order valence-corrected chi connectivity index (χ4v) is 2.02. The minimum Gasteiger partial charge on any atom is -0.454 e. The second-order valence-corrected chi connectivity index (χ2v) is 5.34. The molecule has 0 radical (unpaired) electrons. The maximum absolute atomic E-state index is 13.7. The molecule has 0 aliphatic heterocycles. The van der Waals surface area contributed by atoms with E-state index in [4.69, 9.17) is 16.3 Å². The number of hydrogen-bond acceptors (Lipinski definition) is 2. The van der Waals surface area contributed by atoms with Gasteiger partial charge >= 0.3 is 0 Å². The van der Waals surface area contributed by atoms with Gasteiger partial charge in [0.2, 0.25) is 0 Å². The molecule has 5 heteroatoms. The van der Waals surface area contributed by atoms with E-state index in [0.717, 1.165) is 17.7 Å². The first kappa shape index (κ1) is 15.7. The van der Waals surface area contributed by atoms with Crippen molar-refractivity contribution in [1.82, 2.24) is 5.32 Å². The molecule has 0 bridgehead atoms. The first-order chi connectivity index (χ1) is 9.97. The van der Waals surface area contributed by atoms with Crippen LogP contribution in [0, 0.1) is 11.6 Å². The second-order valence-electron chi connectivity index (χ2n) is 4.93. The van der Waals surface area contributed by atoms with Crippen LogP contribution in [0.2, 0.25) is 5.02 Å². The Morgan fingerprint density at radius 1 is 1.14 bits per heavy atom. The summed E-state index contributed by atoms with van der Waals surface area (Å²) in [5.41, 5.74) is 0.733. The first-order valence-electron chi connectivity index (χ1n) is 6.61. The van der Waals surface area contributed by atoms with Gasteiger partial charge in [-0.25, -0.2) is 8.78 Å². The van der Waals surface area contributed by atoms with Gasteiger partial charge in [0.05, 0.1) is 0 Å². The highest BCUT2D eigenvalue weighted by molar-refractivity contribution is 6.31. The van der Waals surface area contributed by atoms with E-state index < -0.39 is 11.6 Å². The average Bonchev–Trinajstić information content (AvgIpc) is 2.41. The van der Waals surface area contributed by atoms with Gasteiger partial charge in [-0.3, -0.25) is 0 Å². The van der Waals surface area contributed by atoms with Crippen LogP contribution in [0.3, 0.4) is 0 Å². The van der Waals surface area contributed by atoms with Gasteiger partial charge in [-0.1, -0.05) is 31.5 Å². The average molecular weight is 312 g/mol. The summed E-state index contributed by atoms with van der Waals surface area (Å²) >= 11 is 6.17. The standard InChI is InChI=1S/C16H16ClF2NO/c1-10(2)20-9-12-13(17)4-3-5-15(12)21-16-7-6-11(18)8-14(16)19/h3-8,10,20H,9H2,1-2H3. The molecule has 2 aromatic rings. The van der Waals surface area contributed by atoms with Gasteiger partial charge in [-0.15, -0.1) is 0 Å². The third-order valence-electron chi connectivity index (χ3n) is 2.88. The van der Waals surface area contributed by atoms with Crippen molar-refractivity contribution in [3.63, 3.8) is 0 Å². The van der Waals surface area contributed by atoms with E-state index in [0.29, 0.717) is 17.3 Å². The topological polar surface area (TPSA) is 21.3 Å². The van der Waals surface area contributed by atoms with Gasteiger partial charge < -0.3 is 10.1 Å². The molecule has 0 amide bonds. The Bertz CT molecular complexity index is 632. The molecular formula is C16H16ClF2NO. The van der Waals surface area contributed by atoms with Crippen molar-refractivity contribution in [3.05, 3.63) is 58.6 Å². The lowest BCUT2D eigenvalue weighted by Gasteiger charge is -2.15. The predicted octanol–water partition coefficient (Wildman–Crippen LogP) is 4.91. The lowest BCUT2D eigenvalue weighted by molar-refractivity contribution is 0.430. The fraction of sp³-hybridized carbons (Fsp3) is 0.250. The highest BCUT2D eigenvalue weighted by Crippen LogP contribution is 2.31. The molecular weight excluding hydrogens is 296 g/mol. The van der Waals surface area contributed by atoms with E-state index in [1.54, 1.807) is 18.2 Å². The van der Waals surface area contributed by atoms with Gasteiger partial charge in [0.25, 0.3) is 0 Å². The number of nitrogens with one attached hydrogen (secondary N) is 1. The molecule has 112 valence electrons. The number of ether oxygens (including phenoxy) is 1. The van der Waals surface area contributed by atoms with E-state index in [-0.39, 0.29) is 11.8 Å². The van der Waals surface area contributed by atoms with Crippen molar-refractivity contribution < 1.29 is 13.5 Å². The number of benzene rings is 2. The summed E-state index contributed by atoms with van der Waals surface area (Å²) in [5, 5.41) is 3.77. The van der Waals surface area contributed by atoms with Gasteiger partial charge in [0.1, 0.15) is 11.6 Å². The van der Waals surface area contributed by atoms with Crippen LogP contribution < -0.4 is 10.1 Å². The van der Waals surface area contributed by atoms with Crippen molar-refractivity contribution in [2.24, 2.45) is 0 Å². The van der Waals surface area contributed by atoms with E-state index in [9.17, 15) is 8.78 Å². The summed E-state index contributed by atoms with van der Waals surface area (Å²) in [6.07, 6.45) is 0. The Kier molecular flexibility index (Phi) is 5.15. The lowest BCUT2D eigenvalue weighted by Crippen LogP contribution is -2.22. The van der Waals surface area contributed by atoms with Crippen LogP contribution in [-0.4, -0.2) is 6.04 Å². The highest BCUT2D eigenvalue weighted by atomic mass is 35.5. The molecule has 1 N–H and O–H groups in total. The zero-order valence-corrected chi connectivity index (χ0v) is 12.5. The minimum atomic E-state index is -0.752. The second kappa shape index (κ2) is 6.87. The molecule has 2 aromatic carbocycles. The SMILES string of the molecule is CC(C)NCc1c(Cl)cccc1Oc1ccc(F)cc1F. The molecule has 2 rings (SSSR count). The Hall–Kier alpha value is -1.65. The van der Waals surface area contributed by atoms with Crippen molar-refractivity contribution in [2.75, 3.05) is 0 Å². The zero-order chi connectivity index (χ0) is 15.4. The van der Waals surface area contributed by atoms with Crippen molar-refractivity contribution in [2.45, 2.75) is 26.4 Å². The van der Waals surface area contributed by atoms with Gasteiger partial charge in [-0.05, 0) is 24.3 Å². The van der Waals surface area contributed by atoms with E-state index in [1.807, 2.05) is 13.8 Å². The molecule has 0 unspecified atom stereocenters. The number of rotatable bonds is 5. The summed E-state index contributed by atoms with van der Waals surface area (Å²) in [6, 6.07) is 8.62. The Labute approximate surface area is 127 Å². The molecule has 21 heavy (non-hydrogen) atoms. The van der Waals surface area contributed by atoms with Crippen LogP contribution in [0.1, 0.15) is 19.4 Å². The van der Waals surface area contributed by atoms with Crippen LogP contribution in [0.25, 0.3) is 0 Å².